The minimum Gasteiger partial charge on any atom is -0.484 e. The largest absolute Gasteiger partial charge is 0.484 e. The van der Waals surface area contributed by atoms with Crippen molar-refractivity contribution >= 4 is 0 Å². The van der Waals surface area contributed by atoms with E-state index in [1.165, 1.54) is 24.8 Å². The zero-order chi connectivity index (χ0) is 17.1. The van der Waals surface area contributed by atoms with Crippen LogP contribution in [-0.2, 0) is 6.54 Å². The van der Waals surface area contributed by atoms with E-state index in [1.54, 1.807) is 6.20 Å². The standard InChI is InChI=1S/C21H28N2O2/c24-20-10-4-8-17-12-18(17)9-5-11-21(20)25-19-13-22-23(15-19)14-16-6-2-1-3-7-16/h1-3,6-7,13,15,17-18,20-21,24H,4-5,8-12,14H2/t17-,18+,20-,21-/m1/s1. The van der Waals surface area contributed by atoms with Gasteiger partial charge < -0.3 is 9.84 Å². The first-order chi connectivity index (χ1) is 12.3. The van der Waals surface area contributed by atoms with Crippen LogP contribution in [-0.4, -0.2) is 27.1 Å². The van der Waals surface area contributed by atoms with Gasteiger partial charge in [-0.05, 0) is 43.1 Å². The van der Waals surface area contributed by atoms with Gasteiger partial charge in [-0.3, -0.25) is 4.68 Å². The predicted molar refractivity (Wildman–Crippen MR) is 97.5 cm³/mol. The fourth-order valence-electron chi connectivity index (χ4n) is 4.14. The third-order valence-corrected chi connectivity index (χ3v) is 5.72. The van der Waals surface area contributed by atoms with Gasteiger partial charge in [0.25, 0.3) is 0 Å². The fourth-order valence-corrected chi connectivity index (χ4v) is 4.14. The summed E-state index contributed by atoms with van der Waals surface area (Å²) in [6.45, 7) is 0.737. The van der Waals surface area contributed by atoms with Crippen molar-refractivity contribution in [3.8, 4) is 5.75 Å². The fraction of sp³-hybridized carbons (Fsp3) is 0.571. The molecule has 0 amide bonds. The summed E-state index contributed by atoms with van der Waals surface area (Å²) in [6, 6.07) is 10.3. The average Bonchev–Trinajstić information content (AvgIpc) is 3.22. The van der Waals surface area contributed by atoms with E-state index in [0.717, 1.165) is 49.8 Å². The van der Waals surface area contributed by atoms with E-state index in [4.69, 9.17) is 4.74 Å². The monoisotopic (exact) mass is 340 g/mol. The number of nitrogens with zero attached hydrogens (tertiary/aromatic N) is 2. The normalized spacial score (nSPS) is 29.6. The highest BCUT2D eigenvalue weighted by molar-refractivity contribution is 5.17. The van der Waals surface area contributed by atoms with Crippen LogP contribution in [0.1, 0.15) is 50.5 Å². The van der Waals surface area contributed by atoms with Gasteiger partial charge in [-0.1, -0.05) is 49.6 Å². The highest BCUT2D eigenvalue weighted by Crippen LogP contribution is 2.46. The molecule has 1 heterocycles. The number of aromatic nitrogens is 2. The second-order valence-electron chi connectivity index (χ2n) is 7.70. The van der Waals surface area contributed by atoms with Crippen molar-refractivity contribution in [1.82, 2.24) is 9.78 Å². The molecule has 4 atom stereocenters. The number of benzene rings is 1. The summed E-state index contributed by atoms with van der Waals surface area (Å²) in [5.74, 6) is 2.66. The van der Waals surface area contributed by atoms with E-state index in [-0.39, 0.29) is 12.2 Å². The van der Waals surface area contributed by atoms with E-state index >= 15 is 0 Å². The van der Waals surface area contributed by atoms with E-state index in [2.05, 4.69) is 17.2 Å². The molecule has 134 valence electrons. The van der Waals surface area contributed by atoms with Gasteiger partial charge in [0, 0.05) is 0 Å². The van der Waals surface area contributed by atoms with Gasteiger partial charge in [-0.2, -0.15) is 5.10 Å². The van der Waals surface area contributed by atoms with Gasteiger partial charge in [-0.15, -0.1) is 0 Å². The number of aliphatic hydroxyl groups excluding tert-OH is 1. The first-order valence-corrected chi connectivity index (χ1v) is 9.69. The molecule has 2 saturated carbocycles. The molecule has 0 radical (unpaired) electrons. The first kappa shape index (κ1) is 16.6. The smallest absolute Gasteiger partial charge is 0.157 e. The van der Waals surface area contributed by atoms with Gasteiger partial charge in [0.2, 0.25) is 0 Å². The van der Waals surface area contributed by atoms with Crippen LogP contribution in [0, 0.1) is 11.8 Å². The Hall–Kier alpha value is -1.81. The summed E-state index contributed by atoms with van der Waals surface area (Å²) in [4.78, 5) is 0. The molecular formula is C21H28N2O2. The topological polar surface area (TPSA) is 47.3 Å². The lowest BCUT2D eigenvalue weighted by atomic mass is 9.97. The summed E-state index contributed by atoms with van der Waals surface area (Å²) in [5.41, 5.74) is 1.22. The third kappa shape index (κ3) is 4.43. The second kappa shape index (κ2) is 7.61. The first-order valence-electron chi connectivity index (χ1n) is 9.69. The molecule has 4 rings (SSSR count). The quantitative estimate of drug-likeness (QED) is 0.914. The Bertz CT molecular complexity index is 670. The van der Waals surface area contributed by atoms with Gasteiger partial charge >= 0.3 is 0 Å². The number of hydrogen-bond donors (Lipinski definition) is 1. The van der Waals surface area contributed by atoms with Crippen molar-refractivity contribution in [2.24, 2.45) is 11.8 Å². The maximum absolute atomic E-state index is 10.5. The van der Waals surface area contributed by atoms with Crippen molar-refractivity contribution in [3.05, 3.63) is 48.3 Å². The molecule has 0 aliphatic heterocycles. The van der Waals surface area contributed by atoms with Crippen molar-refractivity contribution < 1.29 is 9.84 Å². The Kier molecular flexibility index (Phi) is 5.07. The van der Waals surface area contributed by atoms with Crippen LogP contribution < -0.4 is 4.74 Å². The number of fused-ring (bicyclic) bond motifs is 1. The molecule has 2 aliphatic rings. The predicted octanol–water partition coefficient (Wildman–Crippen LogP) is 4.03. The maximum Gasteiger partial charge on any atom is 0.157 e. The molecule has 2 aliphatic carbocycles. The lowest BCUT2D eigenvalue weighted by Crippen LogP contribution is -2.32. The molecule has 0 unspecified atom stereocenters. The average molecular weight is 340 g/mol. The van der Waals surface area contributed by atoms with Crippen molar-refractivity contribution in [2.75, 3.05) is 0 Å². The Morgan fingerprint density at radius 3 is 2.60 bits per heavy atom. The van der Waals surface area contributed by atoms with Crippen LogP contribution in [0.2, 0.25) is 0 Å². The SMILES string of the molecule is O[C@@H]1CCC[C@@H]2C[C@@H]2CCC[C@H]1Oc1cnn(Cc2ccccc2)c1. The highest BCUT2D eigenvalue weighted by atomic mass is 16.5. The summed E-state index contributed by atoms with van der Waals surface area (Å²) in [5, 5.41) is 14.9. The van der Waals surface area contributed by atoms with Gasteiger partial charge in [0.15, 0.2) is 5.75 Å². The highest BCUT2D eigenvalue weighted by Gasteiger charge is 2.37. The van der Waals surface area contributed by atoms with Crippen LogP contribution >= 0.6 is 0 Å². The lowest BCUT2D eigenvalue weighted by molar-refractivity contribution is 0.0216. The molecule has 0 bridgehead atoms. The van der Waals surface area contributed by atoms with Crippen LogP contribution in [0.25, 0.3) is 0 Å². The molecule has 1 N–H and O–H groups in total. The molecule has 1 aromatic heterocycles. The molecule has 25 heavy (non-hydrogen) atoms. The minimum absolute atomic E-state index is 0.107. The van der Waals surface area contributed by atoms with Crippen molar-refractivity contribution in [1.29, 1.82) is 0 Å². The minimum atomic E-state index is -0.368. The Labute approximate surface area is 149 Å². The van der Waals surface area contributed by atoms with Crippen LogP contribution in [0.3, 0.4) is 0 Å². The van der Waals surface area contributed by atoms with Gasteiger partial charge in [0.05, 0.1) is 25.0 Å². The van der Waals surface area contributed by atoms with Crippen molar-refractivity contribution in [2.45, 2.75) is 63.7 Å². The maximum atomic E-state index is 10.5. The van der Waals surface area contributed by atoms with Gasteiger partial charge in [0.1, 0.15) is 6.10 Å². The molecule has 0 spiro atoms. The molecule has 1 aromatic carbocycles. The summed E-state index contributed by atoms with van der Waals surface area (Å²) < 4.78 is 8.03. The summed E-state index contributed by atoms with van der Waals surface area (Å²) >= 11 is 0. The third-order valence-electron chi connectivity index (χ3n) is 5.72. The second-order valence-corrected chi connectivity index (χ2v) is 7.70. The van der Waals surface area contributed by atoms with E-state index < -0.39 is 0 Å². The van der Waals surface area contributed by atoms with E-state index in [0.29, 0.717) is 0 Å². The molecule has 4 nitrogen and oxygen atoms in total. The van der Waals surface area contributed by atoms with Crippen molar-refractivity contribution in [3.63, 3.8) is 0 Å². The molecule has 0 saturated heterocycles. The number of hydrogen-bond acceptors (Lipinski definition) is 3. The van der Waals surface area contributed by atoms with Crippen LogP contribution in [0.5, 0.6) is 5.75 Å². The Balaban J connectivity index is 1.36. The van der Waals surface area contributed by atoms with E-state index in [9.17, 15) is 5.11 Å². The number of aliphatic hydroxyl groups is 1. The molecule has 4 heteroatoms. The van der Waals surface area contributed by atoms with Crippen LogP contribution in [0.4, 0.5) is 0 Å². The zero-order valence-electron chi connectivity index (χ0n) is 14.8. The lowest BCUT2D eigenvalue weighted by Gasteiger charge is -2.24. The number of rotatable bonds is 4. The van der Waals surface area contributed by atoms with Crippen LogP contribution in [0.15, 0.2) is 42.7 Å². The van der Waals surface area contributed by atoms with E-state index in [1.807, 2.05) is 29.1 Å². The molecule has 2 fully saturated rings. The van der Waals surface area contributed by atoms with Gasteiger partial charge in [-0.25, -0.2) is 0 Å². The molecule has 2 aromatic rings. The summed E-state index contributed by atoms with van der Waals surface area (Å²) in [6.07, 6.45) is 11.3. The Morgan fingerprint density at radius 2 is 1.80 bits per heavy atom. The zero-order valence-corrected chi connectivity index (χ0v) is 14.8. The summed E-state index contributed by atoms with van der Waals surface area (Å²) in [7, 11) is 0. The Morgan fingerprint density at radius 1 is 1.04 bits per heavy atom. The number of ether oxygens (including phenoxy) is 1. The molecular weight excluding hydrogens is 312 g/mol.